The Bertz CT molecular complexity index is 106. The summed E-state index contributed by atoms with van der Waals surface area (Å²) in [7, 11) is 0. The van der Waals surface area contributed by atoms with Crippen molar-refractivity contribution in [3.63, 3.8) is 0 Å². The highest BCUT2D eigenvalue weighted by atomic mass is 32.1. The molecule has 0 aliphatic carbocycles. The molecule has 1 atom stereocenters. The normalized spacial score (nSPS) is 13.0. The minimum absolute atomic E-state index is 0.219. The lowest BCUT2D eigenvalue weighted by molar-refractivity contribution is 0.227. The number of aliphatic hydroxyl groups is 1. The van der Waals surface area contributed by atoms with Crippen LogP contribution in [0.4, 0.5) is 0 Å². The molecule has 0 amide bonds. The van der Waals surface area contributed by atoms with Crippen LogP contribution in [0.2, 0.25) is 0 Å². The number of rotatable bonds is 5. The Labute approximate surface area is 67.4 Å². The largest absolute Gasteiger partial charge is 0.391 e. The van der Waals surface area contributed by atoms with Crippen LogP contribution in [0, 0.1) is 0 Å². The number of hydrogen-bond donors (Lipinski definition) is 2. The van der Waals surface area contributed by atoms with Crippen LogP contribution in [0.5, 0.6) is 0 Å². The maximum absolute atomic E-state index is 9.09. The first-order valence-corrected chi connectivity index (χ1v) is 4.06. The smallest absolute Gasteiger partial charge is 0.104 e. The summed E-state index contributed by atoms with van der Waals surface area (Å²) < 4.78 is 0. The minimum Gasteiger partial charge on any atom is -0.391 e. The van der Waals surface area contributed by atoms with Crippen molar-refractivity contribution in [3.05, 3.63) is 0 Å². The van der Waals surface area contributed by atoms with Gasteiger partial charge in [0.2, 0.25) is 0 Å². The number of thiocarbonyl (C=S) groups is 1. The average molecular weight is 161 g/mol. The molecule has 0 spiro atoms. The van der Waals surface area contributed by atoms with Crippen molar-refractivity contribution in [3.8, 4) is 0 Å². The Morgan fingerprint density at radius 1 is 1.60 bits per heavy atom. The van der Waals surface area contributed by atoms with Crippen LogP contribution in [-0.4, -0.2) is 16.2 Å². The second-order valence-electron chi connectivity index (χ2n) is 2.41. The lowest BCUT2D eigenvalue weighted by atomic mass is 10.1. The molecule has 60 valence electrons. The zero-order valence-electron chi connectivity index (χ0n) is 6.34. The molecule has 0 aromatic heterocycles. The quantitative estimate of drug-likeness (QED) is 0.470. The maximum Gasteiger partial charge on any atom is 0.104 e. The van der Waals surface area contributed by atoms with Gasteiger partial charge in [0, 0.05) is 0 Å². The Balaban J connectivity index is 3.21. The summed E-state index contributed by atoms with van der Waals surface area (Å²) in [5.41, 5.74) is 5.20. The molecule has 0 rings (SSSR count). The third-order valence-electron chi connectivity index (χ3n) is 1.41. The molecule has 10 heavy (non-hydrogen) atoms. The van der Waals surface area contributed by atoms with Crippen molar-refractivity contribution >= 4 is 17.2 Å². The van der Waals surface area contributed by atoms with Crippen LogP contribution in [0.1, 0.15) is 32.6 Å². The molecule has 1 unspecified atom stereocenters. The molecule has 0 heterocycles. The van der Waals surface area contributed by atoms with Crippen molar-refractivity contribution in [2.45, 2.75) is 38.7 Å². The second-order valence-corrected chi connectivity index (χ2v) is 2.89. The standard InChI is InChI=1S/C7H15NOS/c1-2-3-4-5-6(9)7(8)10/h6,9H,2-5H2,1H3,(H2,8,10). The highest BCUT2D eigenvalue weighted by Crippen LogP contribution is 2.02. The monoisotopic (exact) mass is 161 g/mol. The Morgan fingerprint density at radius 3 is 2.60 bits per heavy atom. The second kappa shape index (κ2) is 5.62. The summed E-state index contributed by atoms with van der Waals surface area (Å²) in [5, 5.41) is 9.09. The van der Waals surface area contributed by atoms with E-state index in [-0.39, 0.29) is 4.99 Å². The minimum atomic E-state index is -0.568. The predicted octanol–water partition coefficient (Wildman–Crippen LogP) is 1.21. The summed E-state index contributed by atoms with van der Waals surface area (Å²) in [6, 6.07) is 0. The van der Waals surface area contributed by atoms with Gasteiger partial charge in [-0.05, 0) is 6.42 Å². The molecule has 0 saturated heterocycles. The third kappa shape index (κ3) is 4.70. The fourth-order valence-corrected chi connectivity index (χ4v) is 0.848. The Kier molecular flexibility index (Phi) is 5.54. The van der Waals surface area contributed by atoms with E-state index in [1.165, 1.54) is 0 Å². The van der Waals surface area contributed by atoms with Gasteiger partial charge in [-0.3, -0.25) is 0 Å². The summed E-state index contributed by atoms with van der Waals surface area (Å²) in [6.45, 7) is 2.12. The van der Waals surface area contributed by atoms with Gasteiger partial charge in [0.05, 0.1) is 0 Å². The lowest BCUT2D eigenvalue weighted by Gasteiger charge is -2.06. The van der Waals surface area contributed by atoms with Gasteiger partial charge in [0.15, 0.2) is 0 Å². The molecule has 0 saturated carbocycles. The molecule has 0 aromatic rings. The molecule has 0 aliphatic rings. The molecule has 0 aromatic carbocycles. The van der Waals surface area contributed by atoms with Crippen molar-refractivity contribution < 1.29 is 5.11 Å². The number of unbranched alkanes of at least 4 members (excludes halogenated alkanes) is 2. The van der Waals surface area contributed by atoms with Crippen LogP contribution in [0.15, 0.2) is 0 Å². The van der Waals surface area contributed by atoms with Crippen molar-refractivity contribution in [1.82, 2.24) is 0 Å². The molecular formula is C7H15NOS. The van der Waals surface area contributed by atoms with Gasteiger partial charge in [0.1, 0.15) is 11.1 Å². The predicted molar refractivity (Wildman–Crippen MR) is 46.9 cm³/mol. The molecule has 2 nitrogen and oxygen atoms in total. The number of nitrogens with two attached hydrogens (primary N) is 1. The first-order valence-electron chi connectivity index (χ1n) is 3.66. The van der Waals surface area contributed by atoms with E-state index in [2.05, 4.69) is 19.1 Å². The average Bonchev–Trinajstić information content (AvgIpc) is 1.88. The first-order chi connectivity index (χ1) is 4.68. The Morgan fingerprint density at radius 2 is 2.20 bits per heavy atom. The molecule has 0 bridgehead atoms. The van der Waals surface area contributed by atoms with Crippen molar-refractivity contribution in [1.29, 1.82) is 0 Å². The van der Waals surface area contributed by atoms with Gasteiger partial charge in [-0.15, -0.1) is 0 Å². The fourth-order valence-electron chi connectivity index (χ4n) is 0.730. The lowest BCUT2D eigenvalue weighted by Crippen LogP contribution is -2.25. The highest BCUT2D eigenvalue weighted by molar-refractivity contribution is 7.80. The van der Waals surface area contributed by atoms with E-state index in [0.717, 1.165) is 19.3 Å². The van der Waals surface area contributed by atoms with Crippen molar-refractivity contribution in [2.75, 3.05) is 0 Å². The van der Waals surface area contributed by atoms with Gasteiger partial charge in [-0.25, -0.2) is 0 Å². The van der Waals surface area contributed by atoms with Gasteiger partial charge >= 0.3 is 0 Å². The fraction of sp³-hybridized carbons (Fsp3) is 0.857. The molecule has 0 fully saturated rings. The van der Waals surface area contributed by atoms with Crippen LogP contribution in [0.25, 0.3) is 0 Å². The zero-order valence-corrected chi connectivity index (χ0v) is 7.16. The summed E-state index contributed by atoms with van der Waals surface area (Å²) in [6.07, 6.45) is 3.45. The van der Waals surface area contributed by atoms with E-state index in [1.807, 2.05) is 0 Å². The molecule has 0 aliphatic heterocycles. The number of hydrogen-bond acceptors (Lipinski definition) is 2. The SMILES string of the molecule is CCCCCC(O)C(N)=S. The Hall–Kier alpha value is -0.150. The summed E-state index contributed by atoms with van der Waals surface area (Å²) >= 11 is 4.60. The number of aliphatic hydroxyl groups excluding tert-OH is 1. The van der Waals surface area contributed by atoms with Gasteiger partial charge < -0.3 is 10.8 Å². The van der Waals surface area contributed by atoms with E-state index in [0.29, 0.717) is 6.42 Å². The molecule has 3 heteroatoms. The third-order valence-corrected chi connectivity index (χ3v) is 1.68. The molecule has 3 N–H and O–H groups in total. The van der Waals surface area contributed by atoms with E-state index in [1.54, 1.807) is 0 Å². The van der Waals surface area contributed by atoms with Gasteiger partial charge in [-0.2, -0.15) is 0 Å². The van der Waals surface area contributed by atoms with Crippen LogP contribution >= 0.6 is 12.2 Å². The van der Waals surface area contributed by atoms with Crippen LogP contribution in [0.3, 0.4) is 0 Å². The van der Waals surface area contributed by atoms with E-state index >= 15 is 0 Å². The van der Waals surface area contributed by atoms with E-state index in [9.17, 15) is 0 Å². The van der Waals surface area contributed by atoms with Gasteiger partial charge in [-0.1, -0.05) is 38.4 Å². The van der Waals surface area contributed by atoms with Crippen LogP contribution in [-0.2, 0) is 0 Å². The molecule has 0 radical (unpaired) electrons. The van der Waals surface area contributed by atoms with Crippen molar-refractivity contribution in [2.24, 2.45) is 5.73 Å². The summed E-state index contributed by atoms with van der Waals surface area (Å²) in [4.78, 5) is 0.219. The maximum atomic E-state index is 9.09. The highest BCUT2D eigenvalue weighted by Gasteiger charge is 2.04. The molecular weight excluding hydrogens is 146 g/mol. The topological polar surface area (TPSA) is 46.2 Å². The van der Waals surface area contributed by atoms with Crippen LogP contribution < -0.4 is 5.73 Å². The summed E-state index contributed by atoms with van der Waals surface area (Å²) in [5.74, 6) is 0. The van der Waals surface area contributed by atoms with Gasteiger partial charge in [0.25, 0.3) is 0 Å². The first kappa shape index (κ1) is 9.85. The van der Waals surface area contributed by atoms with E-state index in [4.69, 9.17) is 10.8 Å². The zero-order chi connectivity index (χ0) is 7.98. The van der Waals surface area contributed by atoms with E-state index < -0.39 is 6.10 Å².